The number of halogens is 1. The van der Waals surface area contributed by atoms with E-state index in [-0.39, 0.29) is 30.4 Å². The number of amides is 1. The molecular formula is C23H27ClN6O4. The van der Waals surface area contributed by atoms with Gasteiger partial charge >= 0.3 is 6.09 Å². The summed E-state index contributed by atoms with van der Waals surface area (Å²) >= 11 is 5.94. The lowest BCUT2D eigenvalue weighted by Gasteiger charge is -2.31. The lowest BCUT2D eigenvalue weighted by atomic mass is 10.1. The quantitative estimate of drug-likeness (QED) is 0.498. The van der Waals surface area contributed by atoms with E-state index >= 15 is 0 Å². The predicted octanol–water partition coefficient (Wildman–Crippen LogP) is 4.88. The molecule has 11 heteroatoms. The van der Waals surface area contributed by atoms with Gasteiger partial charge in [0.25, 0.3) is 0 Å². The zero-order valence-electron chi connectivity index (χ0n) is 19.7. The van der Waals surface area contributed by atoms with Crippen LogP contribution in [0.3, 0.4) is 0 Å². The molecule has 0 saturated carbocycles. The Bertz CT molecular complexity index is 1150. The molecule has 3 aromatic rings. The van der Waals surface area contributed by atoms with E-state index in [0.29, 0.717) is 28.6 Å². The highest BCUT2D eigenvalue weighted by Gasteiger charge is 2.40. The molecule has 4 rings (SSSR count). The number of anilines is 2. The van der Waals surface area contributed by atoms with Crippen LogP contribution < -0.4 is 10.2 Å². The van der Waals surface area contributed by atoms with Crippen LogP contribution in [0.25, 0.3) is 11.5 Å². The Morgan fingerprint density at radius 2 is 1.91 bits per heavy atom. The minimum Gasteiger partial charge on any atom is -0.447 e. The Labute approximate surface area is 202 Å². The summed E-state index contributed by atoms with van der Waals surface area (Å²) in [6.07, 6.45) is 0.834. The van der Waals surface area contributed by atoms with Crippen LogP contribution in [0.2, 0.25) is 5.02 Å². The Morgan fingerprint density at radius 3 is 2.62 bits per heavy atom. The van der Waals surface area contributed by atoms with E-state index in [1.54, 1.807) is 36.5 Å². The summed E-state index contributed by atoms with van der Waals surface area (Å²) in [5.74, 6) is 1.46. The van der Waals surface area contributed by atoms with Crippen molar-refractivity contribution in [1.82, 2.24) is 20.2 Å². The number of benzene rings is 1. The number of nitrogens with one attached hydrogen (secondary N) is 1. The van der Waals surface area contributed by atoms with Crippen LogP contribution in [0.5, 0.6) is 0 Å². The SMILES string of the molecule is C[C@H](Nc1nccc(N2C(=O)OC[C@@H]2[C@@H](C)OC(C)(C)C)n1)c1nnc(-c2ccc(Cl)cc2)o1. The molecule has 0 bridgehead atoms. The second-order valence-electron chi connectivity index (χ2n) is 9.01. The number of ether oxygens (including phenoxy) is 2. The van der Waals surface area contributed by atoms with Gasteiger partial charge in [-0.1, -0.05) is 11.6 Å². The van der Waals surface area contributed by atoms with E-state index in [1.807, 2.05) is 34.6 Å². The van der Waals surface area contributed by atoms with E-state index in [9.17, 15) is 4.79 Å². The summed E-state index contributed by atoms with van der Waals surface area (Å²) in [7, 11) is 0. The average molecular weight is 487 g/mol. The van der Waals surface area contributed by atoms with Gasteiger partial charge in [-0.25, -0.2) is 9.78 Å². The normalized spacial score (nSPS) is 18.0. The van der Waals surface area contributed by atoms with Crippen molar-refractivity contribution in [2.45, 2.75) is 58.4 Å². The van der Waals surface area contributed by atoms with Gasteiger partial charge in [-0.2, -0.15) is 4.98 Å². The molecule has 0 radical (unpaired) electrons. The van der Waals surface area contributed by atoms with Crippen molar-refractivity contribution in [2.24, 2.45) is 0 Å². The van der Waals surface area contributed by atoms with Gasteiger partial charge in [-0.3, -0.25) is 4.90 Å². The molecule has 1 aromatic carbocycles. The first-order chi connectivity index (χ1) is 16.1. The molecule has 3 atom stereocenters. The fourth-order valence-corrected chi connectivity index (χ4v) is 3.73. The standard InChI is InChI=1S/C23H27ClN6O4/c1-13(19-28-29-20(33-19)15-6-8-16(24)9-7-15)26-21-25-11-10-18(27-21)30-17(12-32-22(30)31)14(2)34-23(3,4)5/h6-11,13-14,17H,12H2,1-5H3,(H,25,26,27)/t13-,14+,17+/m0/s1. The van der Waals surface area contributed by atoms with Gasteiger partial charge in [-0.15, -0.1) is 10.2 Å². The van der Waals surface area contributed by atoms with Gasteiger partial charge in [-0.05, 0) is 65.0 Å². The highest BCUT2D eigenvalue weighted by Crippen LogP contribution is 2.28. The Balaban J connectivity index is 1.49. The van der Waals surface area contributed by atoms with Gasteiger partial charge < -0.3 is 19.2 Å². The van der Waals surface area contributed by atoms with Crippen LogP contribution in [0.15, 0.2) is 40.9 Å². The minimum absolute atomic E-state index is 0.217. The molecule has 180 valence electrons. The van der Waals surface area contributed by atoms with Gasteiger partial charge in [0.1, 0.15) is 24.5 Å². The molecule has 1 amide bonds. The second-order valence-corrected chi connectivity index (χ2v) is 9.44. The lowest BCUT2D eigenvalue weighted by Crippen LogP contribution is -2.45. The second kappa shape index (κ2) is 9.55. The minimum atomic E-state index is -0.475. The number of carbonyl (C=O) groups is 1. The van der Waals surface area contributed by atoms with Gasteiger partial charge in [0.05, 0.1) is 11.7 Å². The molecule has 0 spiro atoms. The summed E-state index contributed by atoms with van der Waals surface area (Å²) in [6, 6.07) is 8.08. The van der Waals surface area contributed by atoms with Gasteiger partial charge in [0.2, 0.25) is 17.7 Å². The number of hydrogen-bond acceptors (Lipinski definition) is 9. The summed E-state index contributed by atoms with van der Waals surface area (Å²) in [4.78, 5) is 22.8. The number of carbonyl (C=O) groups excluding carboxylic acids is 1. The van der Waals surface area contributed by atoms with Gasteiger partial charge in [0, 0.05) is 16.8 Å². The zero-order valence-corrected chi connectivity index (χ0v) is 20.4. The number of nitrogens with zero attached hydrogens (tertiary/aromatic N) is 5. The van der Waals surface area contributed by atoms with Crippen molar-refractivity contribution in [3.63, 3.8) is 0 Å². The van der Waals surface area contributed by atoms with Crippen molar-refractivity contribution in [2.75, 3.05) is 16.8 Å². The Hall–Kier alpha value is -3.24. The molecule has 34 heavy (non-hydrogen) atoms. The lowest BCUT2D eigenvalue weighted by molar-refractivity contribution is -0.0618. The van der Waals surface area contributed by atoms with Crippen LogP contribution in [0.4, 0.5) is 16.6 Å². The van der Waals surface area contributed by atoms with Crippen molar-refractivity contribution < 1.29 is 18.7 Å². The maximum absolute atomic E-state index is 12.5. The van der Waals surface area contributed by atoms with Crippen molar-refractivity contribution in [3.05, 3.63) is 47.4 Å². The summed E-state index contributed by atoms with van der Waals surface area (Å²) in [5, 5.41) is 12.0. The molecule has 1 aliphatic heterocycles. The molecule has 10 nitrogen and oxygen atoms in total. The van der Waals surface area contributed by atoms with Crippen molar-refractivity contribution in [1.29, 1.82) is 0 Å². The largest absolute Gasteiger partial charge is 0.447 e. The highest BCUT2D eigenvalue weighted by molar-refractivity contribution is 6.30. The molecule has 2 aromatic heterocycles. The smallest absolute Gasteiger partial charge is 0.416 e. The maximum Gasteiger partial charge on any atom is 0.416 e. The average Bonchev–Trinajstić information content (AvgIpc) is 3.40. The Kier molecular flexibility index (Phi) is 6.72. The zero-order chi connectivity index (χ0) is 24.5. The van der Waals surface area contributed by atoms with E-state index in [0.717, 1.165) is 5.56 Å². The topological polar surface area (TPSA) is 116 Å². The predicted molar refractivity (Wildman–Crippen MR) is 127 cm³/mol. The van der Waals surface area contributed by atoms with Crippen LogP contribution in [0.1, 0.15) is 46.6 Å². The Morgan fingerprint density at radius 1 is 1.18 bits per heavy atom. The first kappa shape index (κ1) is 23.9. The van der Waals surface area contributed by atoms with Crippen LogP contribution >= 0.6 is 11.6 Å². The summed E-state index contributed by atoms with van der Waals surface area (Å²) < 4.78 is 17.1. The molecule has 1 fully saturated rings. The maximum atomic E-state index is 12.5. The van der Waals surface area contributed by atoms with Crippen LogP contribution in [-0.4, -0.2) is 50.6 Å². The first-order valence-electron chi connectivity index (χ1n) is 10.9. The first-order valence-corrected chi connectivity index (χ1v) is 11.3. The summed E-state index contributed by atoms with van der Waals surface area (Å²) in [6.45, 7) is 9.89. The van der Waals surface area contributed by atoms with Crippen molar-refractivity contribution in [3.8, 4) is 11.5 Å². The fraction of sp³-hybridized carbons (Fsp3) is 0.435. The van der Waals surface area contributed by atoms with E-state index in [2.05, 4.69) is 25.5 Å². The highest BCUT2D eigenvalue weighted by atomic mass is 35.5. The van der Waals surface area contributed by atoms with E-state index in [1.165, 1.54) is 4.90 Å². The fourth-order valence-electron chi connectivity index (χ4n) is 3.61. The van der Waals surface area contributed by atoms with Crippen LogP contribution in [-0.2, 0) is 9.47 Å². The third-order valence-electron chi connectivity index (χ3n) is 5.12. The number of aromatic nitrogens is 4. The van der Waals surface area contributed by atoms with E-state index < -0.39 is 6.09 Å². The van der Waals surface area contributed by atoms with E-state index in [4.69, 9.17) is 25.5 Å². The molecule has 1 aliphatic rings. The van der Waals surface area contributed by atoms with Crippen molar-refractivity contribution >= 4 is 29.5 Å². The molecule has 1 saturated heterocycles. The molecule has 0 unspecified atom stereocenters. The number of hydrogen-bond donors (Lipinski definition) is 1. The monoisotopic (exact) mass is 486 g/mol. The number of cyclic esters (lactones) is 1. The summed E-state index contributed by atoms with van der Waals surface area (Å²) in [5.41, 5.74) is 0.401. The molecule has 0 aliphatic carbocycles. The van der Waals surface area contributed by atoms with Crippen LogP contribution in [0, 0.1) is 0 Å². The third kappa shape index (κ3) is 5.45. The molecule has 3 heterocycles. The molecule has 1 N–H and O–H groups in total. The number of rotatable bonds is 7. The molecular weight excluding hydrogens is 460 g/mol. The van der Waals surface area contributed by atoms with Gasteiger partial charge in [0.15, 0.2) is 0 Å². The third-order valence-corrected chi connectivity index (χ3v) is 5.37.